The minimum Gasteiger partial charge on any atom is -0.496 e. The van der Waals surface area contributed by atoms with Crippen LogP contribution in [0, 0.1) is 0 Å². The molecule has 1 atom stereocenters. The van der Waals surface area contributed by atoms with Crippen LogP contribution in [0.3, 0.4) is 0 Å². The Balaban J connectivity index is 2.42. The van der Waals surface area contributed by atoms with Crippen LogP contribution in [0.1, 0.15) is 42.4 Å². The van der Waals surface area contributed by atoms with Gasteiger partial charge in [-0.25, -0.2) is 0 Å². The standard InChI is InChI=1S/C14H18O2/c1-10(8-9-15)12-7-6-11-4-3-5-13(11)14(12)16-2/h6-7,9-10H,3-5,8H2,1-2H3. The van der Waals surface area contributed by atoms with Crippen molar-refractivity contribution in [1.29, 1.82) is 0 Å². The smallest absolute Gasteiger partial charge is 0.125 e. The van der Waals surface area contributed by atoms with Crippen LogP contribution in [0.15, 0.2) is 12.1 Å². The van der Waals surface area contributed by atoms with Gasteiger partial charge in [0.15, 0.2) is 0 Å². The van der Waals surface area contributed by atoms with E-state index in [4.69, 9.17) is 4.74 Å². The first kappa shape index (κ1) is 11.2. The third kappa shape index (κ3) is 1.84. The molecule has 2 rings (SSSR count). The summed E-state index contributed by atoms with van der Waals surface area (Å²) in [5, 5.41) is 0. The number of carbonyl (C=O) groups excluding carboxylic acids is 1. The molecule has 16 heavy (non-hydrogen) atoms. The molecular formula is C14H18O2. The first-order valence-corrected chi connectivity index (χ1v) is 5.90. The lowest BCUT2D eigenvalue weighted by Crippen LogP contribution is -2.01. The summed E-state index contributed by atoms with van der Waals surface area (Å²) in [6.07, 6.45) is 5.04. The summed E-state index contributed by atoms with van der Waals surface area (Å²) < 4.78 is 5.54. The maximum absolute atomic E-state index is 10.6. The van der Waals surface area contributed by atoms with Crippen molar-refractivity contribution >= 4 is 6.29 Å². The fourth-order valence-corrected chi connectivity index (χ4v) is 2.55. The second-order valence-electron chi connectivity index (χ2n) is 4.48. The van der Waals surface area contributed by atoms with Crippen LogP contribution in [0.5, 0.6) is 5.75 Å². The van der Waals surface area contributed by atoms with Crippen LogP contribution >= 0.6 is 0 Å². The topological polar surface area (TPSA) is 26.3 Å². The zero-order chi connectivity index (χ0) is 11.5. The minimum atomic E-state index is 0.248. The zero-order valence-corrected chi connectivity index (χ0v) is 9.95. The van der Waals surface area contributed by atoms with Gasteiger partial charge in [0.2, 0.25) is 0 Å². The number of ether oxygens (including phenoxy) is 1. The Bertz CT molecular complexity index is 396. The van der Waals surface area contributed by atoms with Crippen LogP contribution < -0.4 is 4.74 Å². The molecule has 86 valence electrons. The first-order chi connectivity index (χ1) is 7.77. The Morgan fingerprint density at radius 2 is 2.25 bits per heavy atom. The molecule has 0 saturated heterocycles. The lowest BCUT2D eigenvalue weighted by atomic mass is 9.93. The molecule has 1 unspecified atom stereocenters. The number of benzene rings is 1. The third-order valence-electron chi connectivity index (χ3n) is 3.45. The van der Waals surface area contributed by atoms with E-state index < -0.39 is 0 Å². The molecule has 0 bridgehead atoms. The highest BCUT2D eigenvalue weighted by molar-refractivity contribution is 5.55. The van der Waals surface area contributed by atoms with Crippen LogP contribution in [0.4, 0.5) is 0 Å². The van der Waals surface area contributed by atoms with Crippen molar-refractivity contribution < 1.29 is 9.53 Å². The molecule has 0 saturated carbocycles. The highest BCUT2D eigenvalue weighted by atomic mass is 16.5. The van der Waals surface area contributed by atoms with E-state index in [0.717, 1.165) is 24.9 Å². The van der Waals surface area contributed by atoms with Gasteiger partial charge in [0.1, 0.15) is 12.0 Å². The van der Waals surface area contributed by atoms with Crippen molar-refractivity contribution in [3.8, 4) is 5.75 Å². The van der Waals surface area contributed by atoms with E-state index in [2.05, 4.69) is 19.1 Å². The van der Waals surface area contributed by atoms with E-state index >= 15 is 0 Å². The molecule has 0 fully saturated rings. The van der Waals surface area contributed by atoms with Gasteiger partial charge in [-0.3, -0.25) is 0 Å². The molecule has 1 aromatic carbocycles. The summed E-state index contributed by atoms with van der Waals surface area (Å²) in [4.78, 5) is 10.6. The Labute approximate surface area is 96.6 Å². The van der Waals surface area contributed by atoms with E-state index in [1.807, 2.05) is 0 Å². The number of hydrogen-bond donors (Lipinski definition) is 0. The number of carbonyl (C=O) groups is 1. The summed E-state index contributed by atoms with van der Waals surface area (Å²) in [6.45, 7) is 2.08. The van der Waals surface area contributed by atoms with Gasteiger partial charge in [-0.15, -0.1) is 0 Å². The normalized spacial score (nSPS) is 15.6. The van der Waals surface area contributed by atoms with Gasteiger partial charge < -0.3 is 9.53 Å². The lowest BCUT2D eigenvalue weighted by molar-refractivity contribution is -0.108. The van der Waals surface area contributed by atoms with Crippen molar-refractivity contribution in [3.05, 3.63) is 28.8 Å². The number of rotatable bonds is 4. The van der Waals surface area contributed by atoms with Crippen LogP contribution in [-0.2, 0) is 17.6 Å². The first-order valence-electron chi connectivity index (χ1n) is 5.90. The van der Waals surface area contributed by atoms with E-state index in [9.17, 15) is 4.79 Å². The number of aldehydes is 1. The zero-order valence-electron chi connectivity index (χ0n) is 9.95. The van der Waals surface area contributed by atoms with E-state index in [-0.39, 0.29) is 5.92 Å². The van der Waals surface area contributed by atoms with Gasteiger partial charge in [0.05, 0.1) is 7.11 Å². The molecule has 0 aliphatic heterocycles. The molecule has 0 spiro atoms. The Hall–Kier alpha value is -1.31. The second-order valence-corrected chi connectivity index (χ2v) is 4.48. The molecule has 2 heteroatoms. The second kappa shape index (κ2) is 4.69. The average Bonchev–Trinajstić information content (AvgIpc) is 2.75. The predicted molar refractivity (Wildman–Crippen MR) is 64.1 cm³/mol. The number of hydrogen-bond acceptors (Lipinski definition) is 2. The molecule has 0 amide bonds. The monoisotopic (exact) mass is 218 g/mol. The quantitative estimate of drug-likeness (QED) is 0.726. The Morgan fingerprint density at radius 1 is 1.44 bits per heavy atom. The molecule has 0 N–H and O–H groups in total. The SMILES string of the molecule is COc1c(C(C)CC=O)ccc2c1CCC2. The summed E-state index contributed by atoms with van der Waals surface area (Å²) in [6, 6.07) is 4.32. The van der Waals surface area contributed by atoms with Crippen LogP contribution in [0.25, 0.3) is 0 Å². The number of aryl methyl sites for hydroxylation is 1. The van der Waals surface area contributed by atoms with Gasteiger partial charge in [0.25, 0.3) is 0 Å². The van der Waals surface area contributed by atoms with Gasteiger partial charge in [-0.1, -0.05) is 19.1 Å². The predicted octanol–water partition coefficient (Wildman–Crippen LogP) is 2.88. The maximum Gasteiger partial charge on any atom is 0.125 e. The van der Waals surface area contributed by atoms with E-state index in [1.54, 1.807) is 7.11 Å². The lowest BCUT2D eigenvalue weighted by Gasteiger charge is -2.17. The average molecular weight is 218 g/mol. The van der Waals surface area contributed by atoms with Crippen LogP contribution in [-0.4, -0.2) is 13.4 Å². The summed E-state index contributed by atoms with van der Waals surface area (Å²) >= 11 is 0. The molecule has 1 aromatic rings. The Kier molecular flexibility index (Phi) is 3.28. The molecule has 1 aliphatic carbocycles. The summed E-state index contributed by atoms with van der Waals surface area (Å²) in [7, 11) is 1.73. The molecular weight excluding hydrogens is 200 g/mol. The van der Waals surface area contributed by atoms with Crippen molar-refractivity contribution in [2.75, 3.05) is 7.11 Å². The van der Waals surface area contributed by atoms with Gasteiger partial charge in [-0.05, 0) is 41.9 Å². The van der Waals surface area contributed by atoms with Gasteiger partial charge in [0, 0.05) is 6.42 Å². The molecule has 0 aromatic heterocycles. The highest BCUT2D eigenvalue weighted by Gasteiger charge is 2.20. The fraction of sp³-hybridized carbons (Fsp3) is 0.500. The molecule has 0 heterocycles. The third-order valence-corrected chi connectivity index (χ3v) is 3.45. The van der Waals surface area contributed by atoms with Gasteiger partial charge in [-0.2, -0.15) is 0 Å². The minimum absolute atomic E-state index is 0.248. The van der Waals surface area contributed by atoms with Crippen molar-refractivity contribution in [2.24, 2.45) is 0 Å². The van der Waals surface area contributed by atoms with Gasteiger partial charge >= 0.3 is 0 Å². The van der Waals surface area contributed by atoms with Crippen LogP contribution in [0.2, 0.25) is 0 Å². The molecule has 0 radical (unpaired) electrons. The largest absolute Gasteiger partial charge is 0.496 e. The van der Waals surface area contributed by atoms with E-state index in [1.165, 1.54) is 23.1 Å². The molecule has 2 nitrogen and oxygen atoms in total. The van der Waals surface area contributed by atoms with Crippen molar-refractivity contribution in [3.63, 3.8) is 0 Å². The van der Waals surface area contributed by atoms with Crippen molar-refractivity contribution in [2.45, 2.75) is 38.5 Å². The number of methoxy groups -OCH3 is 1. The van der Waals surface area contributed by atoms with Crippen molar-refractivity contribution in [1.82, 2.24) is 0 Å². The molecule has 1 aliphatic rings. The summed E-state index contributed by atoms with van der Waals surface area (Å²) in [5.74, 6) is 1.27. The Morgan fingerprint density at radius 3 is 2.94 bits per heavy atom. The maximum atomic E-state index is 10.6. The summed E-state index contributed by atoms with van der Waals surface area (Å²) in [5.41, 5.74) is 3.95. The number of fused-ring (bicyclic) bond motifs is 1. The van der Waals surface area contributed by atoms with E-state index in [0.29, 0.717) is 6.42 Å². The highest BCUT2D eigenvalue weighted by Crippen LogP contribution is 2.37. The fourth-order valence-electron chi connectivity index (χ4n) is 2.55.